The fourth-order valence-corrected chi connectivity index (χ4v) is 1.07. The lowest BCUT2D eigenvalue weighted by Crippen LogP contribution is -2.02. The Labute approximate surface area is 78.6 Å². The van der Waals surface area contributed by atoms with Gasteiger partial charge in [-0.25, -0.2) is 8.78 Å². The second kappa shape index (κ2) is 3.66. The van der Waals surface area contributed by atoms with Gasteiger partial charge in [0.25, 0.3) is 0 Å². The van der Waals surface area contributed by atoms with E-state index in [0.29, 0.717) is 0 Å². The van der Waals surface area contributed by atoms with Crippen molar-refractivity contribution in [1.82, 2.24) is 0 Å². The topological polar surface area (TPSA) is 17.1 Å². The molecule has 0 radical (unpaired) electrons. The minimum Gasteiger partial charge on any atom is -0.289 e. The van der Waals surface area contributed by atoms with E-state index in [1.165, 1.54) is 0 Å². The molecule has 0 fully saturated rings. The summed E-state index contributed by atoms with van der Waals surface area (Å²) in [7, 11) is 0. The minimum absolute atomic E-state index is 0.0874. The summed E-state index contributed by atoms with van der Waals surface area (Å²) in [5, 5.41) is -0.0874. The number of carbonyl (C=O) groups excluding carboxylic acids is 1. The molecular formula is C9H5ClF2O. The van der Waals surface area contributed by atoms with E-state index >= 15 is 0 Å². The second-order valence-corrected chi connectivity index (χ2v) is 2.75. The first kappa shape index (κ1) is 9.86. The molecule has 0 atom stereocenters. The fraction of sp³-hybridized carbons (Fsp3) is 0. The van der Waals surface area contributed by atoms with E-state index in [2.05, 4.69) is 6.58 Å². The van der Waals surface area contributed by atoms with Crippen LogP contribution in [0.4, 0.5) is 8.78 Å². The number of allylic oxidation sites excluding steroid dienone is 1. The highest BCUT2D eigenvalue weighted by atomic mass is 35.5. The Morgan fingerprint density at radius 3 is 2.23 bits per heavy atom. The summed E-state index contributed by atoms with van der Waals surface area (Å²) in [5.41, 5.74) is -0.626. The lowest BCUT2D eigenvalue weighted by molar-refractivity contribution is 0.103. The van der Waals surface area contributed by atoms with Gasteiger partial charge in [-0.05, 0) is 18.2 Å². The zero-order valence-electron chi connectivity index (χ0n) is 6.48. The van der Waals surface area contributed by atoms with Crippen molar-refractivity contribution >= 4 is 17.4 Å². The first-order valence-corrected chi connectivity index (χ1v) is 3.75. The molecule has 0 aliphatic heterocycles. The second-order valence-electron chi connectivity index (χ2n) is 2.31. The van der Waals surface area contributed by atoms with E-state index in [1.807, 2.05) is 0 Å². The maximum Gasteiger partial charge on any atom is 0.191 e. The third-order valence-corrected chi connectivity index (χ3v) is 1.66. The van der Waals surface area contributed by atoms with E-state index in [-0.39, 0.29) is 5.02 Å². The molecule has 1 rings (SSSR count). The highest BCUT2D eigenvalue weighted by Gasteiger charge is 2.15. The average Bonchev–Trinajstić information content (AvgIpc) is 2.02. The lowest BCUT2D eigenvalue weighted by Gasteiger charge is -2.00. The predicted octanol–water partition coefficient (Wildman–Crippen LogP) is 2.99. The molecule has 13 heavy (non-hydrogen) atoms. The molecule has 0 spiro atoms. The van der Waals surface area contributed by atoms with E-state index in [4.69, 9.17) is 11.6 Å². The van der Waals surface area contributed by atoms with Gasteiger partial charge in [0, 0.05) is 5.02 Å². The molecule has 0 aromatic heterocycles. The Bertz CT molecular complexity index is 351. The molecule has 0 aliphatic rings. The molecular weight excluding hydrogens is 198 g/mol. The van der Waals surface area contributed by atoms with Gasteiger partial charge in [0.2, 0.25) is 0 Å². The summed E-state index contributed by atoms with van der Waals surface area (Å²) in [6, 6.07) is 1.75. The maximum absolute atomic E-state index is 13.0. The Balaban J connectivity index is 3.36. The first-order valence-electron chi connectivity index (χ1n) is 3.37. The third-order valence-electron chi connectivity index (χ3n) is 1.44. The van der Waals surface area contributed by atoms with Crippen LogP contribution in [0.15, 0.2) is 24.8 Å². The van der Waals surface area contributed by atoms with Gasteiger partial charge < -0.3 is 0 Å². The highest BCUT2D eigenvalue weighted by Crippen LogP contribution is 2.19. The van der Waals surface area contributed by atoms with Crippen LogP contribution in [0.2, 0.25) is 5.02 Å². The number of halogens is 3. The van der Waals surface area contributed by atoms with Gasteiger partial charge in [0.15, 0.2) is 5.78 Å². The van der Waals surface area contributed by atoms with Crippen LogP contribution in [0.1, 0.15) is 10.4 Å². The maximum atomic E-state index is 13.0. The smallest absolute Gasteiger partial charge is 0.191 e. The van der Waals surface area contributed by atoms with E-state index in [9.17, 15) is 13.6 Å². The predicted molar refractivity (Wildman–Crippen MR) is 45.9 cm³/mol. The van der Waals surface area contributed by atoms with Crippen molar-refractivity contribution in [3.63, 3.8) is 0 Å². The lowest BCUT2D eigenvalue weighted by atomic mass is 10.1. The molecule has 0 unspecified atom stereocenters. The molecule has 0 N–H and O–H groups in total. The van der Waals surface area contributed by atoms with Crippen LogP contribution < -0.4 is 0 Å². The number of carbonyl (C=O) groups is 1. The average molecular weight is 203 g/mol. The number of hydrogen-bond acceptors (Lipinski definition) is 1. The molecule has 0 bridgehead atoms. The summed E-state index contributed by atoms with van der Waals surface area (Å²) in [6.07, 6.45) is 0.843. The van der Waals surface area contributed by atoms with Crippen molar-refractivity contribution in [2.45, 2.75) is 0 Å². The van der Waals surface area contributed by atoms with Crippen LogP contribution in [0.25, 0.3) is 0 Å². The highest BCUT2D eigenvalue weighted by molar-refractivity contribution is 6.30. The molecule has 68 valence electrons. The Kier molecular flexibility index (Phi) is 2.78. The summed E-state index contributed by atoms with van der Waals surface area (Å²) in [5.74, 6) is -2.75. The van der Waals surface area contributed by atoms with Gasteiger partial charge in [-0.1, -0.05) is 18.2 Å². The van der Waals surface area contributed by atoms with E-state index < -0.39 is 23.0 Å². The molecule has 1 aromatic carbocycles. The molecule has 1 nitrogen and oxygen atoms in total. The van der Waals surface area contributed by atoms with Gasteiger partial charge in [-0.15, -0.1) is 0 Å². The summed E-state index contributed by atoms with van der Waals surface area (Å²) >= 11 is 5.35. The Morgan fingerprint density at radius 1 is 1.38 bits per heavy atom. The fourth-order valence-electron chi connectivity index (χ4n) is 0.880. The number of benzene rings is 1. The summed E-state index contributed by atoms with van der Waals surface area (Å²) < 4.78 is 25.9. The molecule has 4 heteroatoms. The van der Waals surface area contributed by atoms with Crippen LogP contribution in [0, 0.1) is 11.6 Å². The zero-order valence-corrected chi connectivity index (χ0v) is 7.24. The largest absolute Gasteiger partial charge is 0.289 e. The van der Waals surface area contributed by atoms with Crippen LogP contribution in [-0.2, 0) is 0 Å². The zero-order chi connectivity index (χ0) is 10.0. The van der Waals surface area contributed by atoms with Crippen LogP contribution in [-0.4, -0.2) is 5.78 Å². The van der Waals surface area contributed by atoms with Gasteiger partial charge in [0.05, 0.1) is 5.56 Å². The van der Waals surface area contributed by atoms with Gasteiger partial charge in [-0.2, -0.15) is 0 Å². The molecule has 0 amide bonds. The van der Waals surface area contributed by atoms with Crippen molar-refractivity contribution in [3.05, 3.63) is 47.0 Å². The first-order chi connectivity index (χ1) is 6.06. The van der Waals surface area contributed by atoms with Gasteiger partial charge in [-0.3, -0.25) is 4.79 Å². The van der Waals surface area contributed by atoms with Crippen molar-refractivity contribution in [2.75, 3.05) is 0 Å². The van der Waals surface area contributed by atoms with Crippen molar-refractivity contribution < 1.29 is 13.6 Å². The third kappa shape index (κ3) is 1.92. The van der Waals surface area contributed by atoms with Gasteiger partial charge in [0.1, 0.15) is 11.6 Å². The van der Waals surface area contributed by atoms with Crippen LogP contribution in [0.3, 0.4) is 0 Å². The quantitative estimate of drug-likeness (QED) is 0.532. The van der Waals surface area contributed by atoms with Gasteiger partial charge >= 0.3 is 0 Å². The van der Waals surface area contributed by atoms with Crippen LogP contribution in [0.5, 0.6) is 0 Å². The molecule has 0 heterocycles. The number of ketones is 1. The standard InChI is InChI=1S/C9H5ClF2O/c1-2-8(13)9-6(11)3-5(10)4-7(9)12/h2-4H,1H2. The van der Waals surface area contributed by atoms with Crippen LogP contribution >= 0.6 is 11.6 Å². The molecule has 1 aromatic rings. The van der Waals surface area contributed by atoms with Crippen molar-refractivity contribution in [1.29, 1.82) is 0 Å². The monoisotopic (exact) mass is 202 g/mol. The summed E-state index contributed by atoms with van der Waals surface area (Å²) in [4.78, 5) is 10.9. The Hall–Kier alpha value is -1.22. The minimum atomic E-state index is -0.977. The van der Waals surface area contributed by atoms with E-state index in [0.717, 1.165) is 18.2 Å². The molecule has 0 aliphatic carbocycles. The normalized spacial score (nSPS) is 9.77. The Morgan fingerprint density at radius 2 is 1.85 bits per heavy atom. The van der Waals surface area contributed by atoms with E-state index in [1.54, 1.807) is 0 Å². The summed E-state index contributed by atoms with van der Waals surface area (Å²) in [6.45, 7) is 3.13. The molecule has 0 saturated heterocycles. The SMILES string of the molecule is C=CC(=O)c1c(F)cc(Cl)cc1F. The molecule has 0 saturated carbocycles. The number of rotatable bonds is 2. The number of hydrogen-bond donors (Lipinski definition) is 0. The van der Waals surface area contributed by atoms with Crippen molar-refractivity contribution in [3.8, 4) is 0 Å². The van der Waals surface area contributed by atoms with Crippen molar-refractivity contribution in [2.24, 2.45) is 0 Å².